The molecule has 108 valence electrons. The molecular weight excluding hydrogens is 266 g/mol. The summed E-state index contributed by atoms with van der Waals surface area (Å²) in [5.41, 5.74) is 2.78. The van der Waals surface area contributed by atoms with E-state index in [4.69, 9.17) is 4.74 Å². The van der Waals surface area contributed by atoms with Gasteiger partial charge < -0.3 is 15.2 Å². The summed E-state index contributed by atoms with van der Waals surface area (Å²) in [6, 6.07) is 11.5. The number of nitrogens with one attached hydrogen (secondary N) is 2. The van der Waals surface area contributed by atoms with Crippen LogP contribution in [0.3, 0.4) is 0 Å². The van der Waals surface area contributed by atoms with Gasteiger partial charge in [-0.3, -0.25) is 5.10 Å². The minimum atomic E-state index is 0.191. The average Bonchev–Trinajstić information content (AvgIpc) is 2.96. The van der Waals surface area contributed by atoms with Crippen LogP contribution in [-0.2, 0) is 6.54 Å². The Morgan fingerprint density at radius 1 is 1.29 bits per heavy atom. The second-order valence-corrected chi connectivity index (χ2v) is 4.72. The Labute approximate surface area is 122 Å². The van der Waals surface area contributed by atoms with E-state index < -0.39 is 0 Å². The summed E-state index contributed by atoms with van der Waals surface area (Å²) < 4.78 is 5.39. The van der Waals surface area contributed by atoms with E-state index in [1.165, 1.54) is 0 Å². The quantitative estimate of drug-likeness (QED) is 0.672. The van der Waals surface area contributed by atoms with Crippen molar-refractivity contribution < 1.29 is 9.84 Å². The molecule has 0 bridgehead atoms. The van der Waals surface area contributed by atoms with E-state index in [1.54, 1.807) is 12.3 Å². The van der Waals surface area contributed by atoms with Gasteiger partial charge in [-0.15, -0.1) is 0 Å². The van der Waals surface area contributed by atoms with Crippen molar-refractivity contribution in [3.05, 3.63) is 48.2 Å². The molecule has 3 aromatic rings. The number of benzene rings is 2. The number of phenolic OH excluding ortho intramolecular Hbond substituents is 1. The number of nitrogens with zero attached hydrogens (tertiary/aromatic N) is 1. The van der Waals surface area contributed by atoms with Gasteiger partial charge in [-0.05, 0) is 31.2 Å². The number of rotatable bonds is 5. The Hall–Kier alpha value is -2.69. The second-order valence-electron chi connectivity index (χ2n) is 4.72. The lowest BCUT2D eigenvalue weighted by Crippen LogP contribution is -2.01. The number of hydrogen-bond donors (Lipinski definition) is 3. The Morgan fingerprint density at radius 2 is 2.19 bits per heavy atom. The third-order valence-electron chi connectivity index (χ3n) is 3.31. The van der Waals surface area contributed by atoms with Gasteiger partial charge in [0.05, 0.1) is 18.3 Å². The Kier molecular flexibility index (Phi) is 3.64. The van der Waals surface area contributed by atoms with Crippen LogP contribution in [0, 0.1) is 0 Å². The average molecular weight is 283 g/mol. The molecule has 0 atom stereocenters. The van der Waals surface area contributed by atoms with Crippen LogP contribution >= 0.6 is 0 Å². The number of aromatic amines is 1. The molecule has 1 heterocycles. The number of ether oxygens (including phenoxy) is 1. The molecule has 3 N–H and O–H groups in total. The van der Waals surface area contributed by atoms with Crippen molar-refractivity contribution in [1.29, 1.82) is 0 Å². The van der Waals surface area contributed by atoms with Crippen molar-refractivity contribution in [3.63, 3.8) is 0 Å². The first-order chi connectivity index (χ1) is 10.3. The predicted molar refractivity (Wildman–Crippen MR) is 82.7 cm³/mol. The molecule has 5 nitrogen and oxygen atoms in total. The first kappa shape index (κ1) is 13.3. The number of aromatic nitrogens is 2. The van der Waals surface area contributed by atoms with Gasteiger partial charge in [-0.1, -0.05) is 12.1 Å². The third kappa shape index (κ3) is 2.76. The van der Waals surface area contributed by atoms with Crippen LogP contribution in [0.4, 0.5) is 5.69 Å². The van der Waals surface area contributed by atoms with Gasteiger partial charge in [0.1, 0.15) is 0 Å². The summed E-state index contributed by atoms with van der Waals surface area (Å²) >= 11 is 0. The van der Waals surface area contributed by atoms with Crippen LogP contribution in [0.5, 0.6) is 11.5 Å². The molecule has 0 spiro atoms. The third-order valence-corrected chi connectivity index (χ3v) is 3.31. The lowest BCUT2D eigenvalue weighted by atomic mass is 10.1. The van der Waals surface area contributed by atoms with Gasteiger partial charge in [0.15, 0.2) is 11.5 Å². The smallest absolute Gasteiger partial charge is 0.162 e. The first-order valence-corrected chi connectivity index (χ1v) is 6.88. The largest absolute Gasteiger partial charge is 0.504 e. The molecule has 0 aliphatic carbocycles. The van der Waals surface area contributed by atoms with Crippen molar-refractivity contribution in [2.24, 2.45) is 0 Å². The van der Waals surface area contributed by atoms with Crippen LogP contribution < -0.4 is 10.1 Å². The number of para-hydroxylation sites is 1. The fraction of sp³-hybridized carbons (Fsp3) is 0.188. The van der Waals surface area contributed by atoms with Crippen molar-refractivity contribution in [2.45, 2.75) is 13.5 Å². The summed E-state index contributed by atoms with van der Waals surface area (Å²) in [6.45, 7) is 2.95. The first-order valence-electron chi connectivity index (χ1n) is 6.88. The van der Waals surface area contributed by atoms with Gasteiger partial charge in [-0.2, -0.15) is 5.10 Å². The van der Waals surface area contributed by atoms with E-state index in [9.17, 15) is 5.11 Å². The van der Waals surface area contributed by atoms with Crippen LogP contribution in [0.1, 0.15) is 12.5 Å². The van der Waals surface area contributed by atoms with Gasteiger partial charge in [-0.25, -0.2) is 0 Å². The van der Waals surface area contributed by atoms with Crippen LogP contribution in [0.25, 0.3) is 10.9 Å². The fourth-order valence-corrected chi connectivity index (χ4v) is 2.23. The number of aromatic hydroxyl groups is 1. The summed E-state index contributed by atoms with van der Waals surface area (Å²) in [4.78, 5) is 0. The summed E-state index contributed by atoms with van der Waals surface area (Å²) in [5, 5.41) is 21.4. The van der Waals surface area contributed by atoms with E-state index in [0.717, 1.165) is 22.2 Å². The highest BCUT2D eigenvalue weighted by Gasteiger charge is 2.07. The van der Waals surface area contributed by atoms with E-state index in [1.807, 2.05) is 37.3 Å². The van der Waals surface area contributed by atoms with Crippen molar-refractivity contribution in [3.8, 4) is 11.5 Å². The van der Waals surface area contributed by atoms with Crippen LogP contribution in [0.15, 0.2) is 42.6 Å². The molecule has 3 rings (SSSR count). The highest BCUT2D eigenvalue weighted by molar-refractivity contribution is 5.81. The highest BCUT2D eigenvalue weighted by Crippen LogP contribution is 2.30. The minimum absolute atomic E-state index is 0.191. The van der Waals surface area contributed by atoms with E-state index in [0.29, 0.717) is 18.9 Å². The molecule has 0 amide bonds. The van der Waals surface area contributed by atoms with Gasteiger partial charge in [0.2, 0.25) is 0 Å². The summed E-state index contributed by atoms with van der Waals surface area (Å²) in [5.74, 6) is 0.707. The number of phenols is 1. The van der Waals surface area contributed by atoms with Gasteiger partial charge in [0.25, 0.3) is 0 Å². The van der Waals surface area contributed by atoms with Crippen LogP contribution in [0.2, 0.25) is 0 Å². The van der Waals surface area contributed by atoms with Crippen LogP contribution in [-0.4, -0.2) is 21.9 Å². The van der Waals surface area contributed by atoms with Gasteiger partial charge >= 0.3 is 0 Å². The predicted octanol–water partition coefficient (Wildman–Crippen LogP) is 3.28. The molecule has 0 aliphatic heterocycles. The lowest BCUT2D eigenvalue weighted by Gasteiger charge is -2.11. The maximum absolute atomic E-state index is 10.2. The van der Waals surface area contributed by atoms with Crippen molar-refractivity contribution in [2.75, 3.05) is 11.9 Å². The number of hydrogen-bond acceptors (Lipinski definition) is 4. The lowest BCUT2D eigenvalue weighted by molar-refractivity contribution is 0.317. The maximum Gasteiger partial charge on any atom is 0.162 e. The fourth-order valence-electron chi connectivity index (χ4n) is 2.23. The molecule has 0 unspecified atom stereocenters. The summed E-state index contributed by atoms with van der Waals surface area (Å²) in [6.07, 6.45) is 1.79. The summed E-state index contributed by atoms with van der Waals surface area (Å²) in [7, 11) is 0. The van der Waals surface area contributed by atoms with E-state index >= 15 is 0 Å². The number of fused-ring (bicyclic) bond motifs is 1. The Morgan fingerprint density at radius 3 is 3.05 bits per heavy atom. The SMILES string of the molecule is CCOc1cccc(CNc2ccc3[nH]ncc3c2)c1O. The molecule has 0 saturated heterocycles. The number of anilines is 1. The zero-order chi connectivity index (χ0) is 14.7. The number of H-pyrrole nitrogens is 1. The standard InChI is InChI=1S/C16H17N3O2/c1-2-21-15-5-3-4-11(16(15)20)9-17-13-6-7-14-12(8-13)10-18-19-14/h3-8,10,17,20H,2,9H2,1H3,(H,18,19). The molecule has 0 aliphatic rings. The van der Waals surface area contributed by atoms with Gasteiger partial charge in [0, 0.05) is 23.2 Å². The Balaban J connectivity index is 1.76. The maximum atomic E-state index is 10.2. The minimum Gasteiger partial charge on any atom is -0.504 e. The zero-order valence-corrected chi connectivity index (χ0v) is 11.8. The van der Waals surface area contributed by atoms with E-state index in [2.05, 4.69) is 15.5 Å². The molecule has 2 aromatic carbocycles. The molecule has 1 aromatic heterocycles. The molecule has 0 radical (unpaired) electrons. The monoisotopic (exact) mass is 283 g/mol. The molecular formula is C16H17N3O2. The topological polar surface area (TPSA) is 70.2 Å². The molecule has 5 heteroatoms. The molecule has 0 saturated carbocycles. The molecule has 21 heavy (non-hydrogen) atoms. The van der Waals surface area contributed by atoms with Crippen molar-refractivity contribution in [1.82, 2.24) is 10.2 Å². The molecule has 0 fully saturated rings. The zero-order valence-electron chi connectivity index (χ0n) is 11.8. The van der Waals surface area contributed by atoms with Crippen molar-refractivity contribution >= 4 is 16.6 Å². The normalized spacial score (nSPS) is 10.7. The Bertz CT molecular complexity index is 752. The van der Waals surface area contributed by atoms with E-state index in [-0.39, 0.29) is 5.75 Å². The second kappa shape index (κ2) is 5.75. The highest BCUT2D eigenvalue weighted by atomic mass is 16.5.